The van der Waals surface area contributed by atoms with Crippen LogP contribution in [0.2, 0.25) is 5.02 Å². The maximum absolute atomic E-state index is 12.6. The molecule has 3 aromatic carbocycles. The van der Waals surface area contributed by atoms with Gasteiger partial charge in [-0.1, -0.05) is 41.9 Å². The topological polar surface area (TPSA) is 85.9 Å². The highest BCUT2D eigenvalue weighted by Gasteiger charge is 2.16. The Hall–Kier alpha value is -3.71. The lowest BCUT2D eigenvalue weighted by molar-refractivity contribution is -0.118. The number of amides is 2. The third kappa shape index (κ3) is 5.67. The highest BCUT2D eigenvalue weighted by Crippen LogP contribution is 2.35. The molecule has 0 saturated carbocycles. The van der Waals surface area contributed by atoms with Crippen LogP contribution in [0.15, 0.2) is 66.7 Å². The summed E-state index contributed by atoms with van der Waals surface area (Å²) in [5.74, 6) is 0.304. The molecule has 0 bridgehead atoms. The van der Waals surface area contributed by atoms with Crippen molar-refractivity contribution in [3.8, 4) is 17.2 Å². The molecule has 2 amide bonds. The second-order valence-electron chi connectivity index (χ2n) is 6.34. The number of benzene rings is 3. The summed E-state index contributed by atoms with van der Waals surface area (Å²) < 4.78 is 16.0. The van der Waals surface area contributed by atoms with Crippen LogP contribution in [0.5, 0.6) is 17.2 Å². The van der Waals surface area contributed by atoms with Gasteiger partial charge in [-0.25, -0.2) is 0 Å². The number of anilines is 2. The Morgan fingerprint density at radius 3 is 2.23 bits per heavy atom. The molecule has 0 aromatic heterocycles. The first-order valence-corrected chi connectivity index (χ1v) is 9.69. The maximum Gasteiger partial charge on any atom is 0.262 e. The maximum atomic E-state index is 12.6. The standard InChI is InChI=1S/C23H21ClN2O5/c1-29-20-13-21(30-2)18(12-17(20)24)26-22(27)14-31-19-11-7-6-10-16(19)23(28)25-15-8-4-3-5-9-15/h3-13H,14H2,1-2H3,(H,25,28)(H,26,27). The van der Waals surface area contributed by atoms with Gasteiger partial charge in [0.25, 0.3) is 11.8 Å². The van der Waals surface area contributed by atoms with E-state index >= 15 is 0 Å². The van der Waals surface area contributed by atoms with Crippen molar-refractivity contribution in [1.82, 2.24) is 0 Å². The average molecular weight is 441 g/mol. The van der Waals surface area contributed by atoms with E-state index in [0.717, 1.165) is 0 Å². The smallest absolute Gasteiger partial charge is 0.262 e. The Morgan fingerprint density at radius 2 is 1.52 bits per heavy atom. The Kier molecular flexibility index (Phi) is 7.35. The number of hydrogen-bond donors (Lipinski definition) is 2. The summed E-state index contributed by atoms with van der Waals surface area (Å²) >= 11 is 6.13. The fraction of sp³-hybridized carbons (Fsp3) is 0.130. The molecule has 0 spiro atoms. The molecule has 0 unspecified atom stereocenters. The van der Waals surface area contributed by atoms with Crippen molar-refractivity contribution in [2.75, 3.05) is 31.5 Å². The number of ether oxygens (including phenoxy) is 3. The van der Waals surface area contributed by atoms with Gasteiger partial charge in [0, 0.05) is 11.8 Å². The van der Waals surface area contributed by atoms with Gasteiger partial charge in [-0.05, 0) is 30.3 Å². The van der Waals surface area contributed by atoms with Crippen molar-refractivity contribution in [3.63, 3.8) is 0 Å². The molecule has 0 aliphatic rings. The molecule has 0 aliphatic carbocycles. The van der Waals surface area contributed by atoms with E-state index in [1.54, 1.807) is 42.5 Å². The highest BCUT2D eigenvalue weighted by atomic mass is 35.5. The third-order valence-electron chi connectivity index (χ3n) is 4.27. The summed E-state index contributed by atoms with van der Waals surface area (Å²) in [6, 6.07) is 18.8. The van der Waals surface area contributed by atoms with E-state index in [1.807, 2.05) is 18.2 Å². The van der Waals surface area contributed by atoms with E-state index < -0.39 is 5.91 Å². The Labute approximate surface area is 184 Å². The lowest BCUT2D eigenvalue weighted by Gasteiger charge is -2.14. The molecule has 2 N–H and O–H groups in total. The van der Waals surface area contributed by atoms with Gasteiger partial charge in [-0.15, -0.1) is 0 Å². The molecule has 0 heterocycles. The molecule has 3 aromatic rings. The zero-order chi connectivity index (χ0) is 22.2. The van der Waals surface area contributed by atoms with Crippen molar-refractivity contribution in [1.29, 1.82) is 0 Å². The summed E-state index contributed by atoms with van der Waals surface area (Å²) in [5.41, 5.74) is 1.34. The number of nitrogens with one attached hydrogen (secondary N) is 2. The first-order valence-electron chi connectivity index (χ1n) is 9.31. The molecule has 31 heavy (non-hydrogen) atoms. The molecule has 7 nitrogen and oxygen atoms in total. The molecule has 0 atom stereocenters. The van der Waals surface area contributed by atoms with Crippen molar-refractivity contribution >= 4 is 34.8 Å². The van der Waals surface area contributed by atoms with Gasteiger partial charge < -0.3 is 24.8 Å². The second kappa shape index (κ2) is 10.4. The average Bonchev–Trinajstić information content (AvgIpc) is 2.78. The Morgan fingerprint density at radius 1 is 0.839 bits per heavy atom. The number of para-hydroxylation sites is 2. The third-order valence-corrected chi connectivity index (χ3v) is 4.57. The lowest BCUT2D eigenvalue weighted by atomic mass is 10.2. The van der Waals surface area contributed by atoms with E-state index in [0.29, 0.717) is 33.5 Å². The number of rotatable bonds is 8. The van der Waals surface area contributed by atoms with E-state index in [2.05, 4.69) is 10.6 Å². The number of hydrogen-bond acceptors (Lipinski definition) is 5. The van der Waals surface area contributed by atoms with Gasteiger partial charge in [0.15, 0.2) is 6.61 Å². The van der Waals surface area contributed by atoms with Crippen LogP contribution >= 0.6 is 11.6 Å². The summed E-state index contributed by atoms with van der Waals surface area (Å²) in [6.07, 6.45) is 0. The van der Waals surface area contributed by atoms with E-state index in [-0.39, 0.29) is 18.3 Å². The summed E-state index contributed by atoms with van der Waals surface area (Å²) in [7, 11) is 2.95. The molecular weight excluding hydrogens is 420 g/mol. The van der Waals surface area contributed by atoms with Gasteiger partial charge >= 0.3 is 0 Å². The zero-order valence-electron chi connectivity index (χ0n) is 17.0. The van der Waals surface area contributed by atoms with Crippen LogP contribution in [0.4, 0.5) is 11.4 Å². The lowest BCUT2D eigenvalue weighted by Crippen LogP contribution is -2.22. The first-order chi connectivity index (χ1) is 15.0. The number of carbonyl (C=O) groups excluding carboxylic acids is 2. The van der Waals surface area contributed by atoms with Crippen LogP contribution in [-0.4, -0.2) is 32.6 Å². The minimum atomic E-state index is -0.446. The predicted octanol–water partition coefficient (Wildman–Crippen LogP) is 4.63. The van der Waals surface area contributed by atoms with Crippen LogP contribution in [0, 0.1) is 0 Å². The van der Waals surface area contributed by atoms with Gasteiger partial charge in [0.2, 0.25) is 0 Å². The van der Waals surface area contributed by atoms with E-state index in [4.69, 9.17) is 25.8 Å². The quantitative estimate of drug-likeness (QED) is 0.533. The minimum Gasteiger partial charge on any atom is -0.495 e. The SMILES string of the molecule is COc1cc(OC)c(NC(=O)COc2ccccc2C(=O)Nc2ccccc2)cc1Cl. The number of carbonyl (C=O) groups is 2. The van der Waals surface area contributed by atoms with Crippen molar-refractivity contribution in [2.45, 2.75) is 0 Å². The van der Waals surface area contributed by atoms with Crippen LogP contribution < -0.4 is 24.8 Å². The largest absolute Gasteiger partial charge is 0.495 e. The van der Waals surface area contributed by atoms with Crippen LogP contribution in [0.3, 0.4) is 0 Å². The molecule has 0 saturated heterocycles. The van der Waals surface area contributed by atoms with Gasteiger partial charge in [0.1, 0.15) is 17.2 Å². The van der Waals surface area contributed by atoms with Gasteiger partial charge in [-0.3, -0.25) is 9.59 Å². The minimum absolute atomic E-state index is 0.283. The molecule has 8 heteroatoms. The summed E-state index contributed by atoms with van der Waals surface area (Å²) in [5, 5.41) is 5.80. The van der Waals surface area contributed by atoms with E-state index in [9.17, 15) is 9.59 Å². The molecule has 160 valence electrons. The van der Waals surface area contributed by atoms with Gasteiger partial charge in [0.05, 0.1) is 30.5 Å². The van der Waals surface area contributed by atoms with Crippen molar-refractivity contribution in [2.24, 2.45) is 0 Å². The summed E-state index contributed by atoms with van der Waals surface area (Å²) in [4.78, 5) is 25.0. The molecular formula is C23H21ClN2O5. The fourth-order valence-corrected chi connectivity index (χ4v) is 3.03. The van der Waals surface area contributed by atoms with Crippen molar-refractivity contribution in [3.05, 3.63) is 77.3 Å². The molecule has 3 rings (SSSR count). The highest BCUT2D eigenvalue weighted by molar-refractivity contribution is 6.32. The number of methoxy groups -OCH3 is 2. The normalized spacial score (nSPS) is 10.2. The first kappa shape index (κ1) is 22.0. The number of halogens is 1. The predicted molar refractivity (Wildman–Crippen MR) is 120 cm³/mol. The van der Waals surface area contributed by atoms with Gasteiger partial charge in [-0.2, -0.15) is 0 Å². The van der Waals surface area contributed by atoms with E-state index in [1.165, 1.54) is 20.3 Å². The van der Waals surface area contributed by atoms with Crippen LogP contribution in [0.25, 0.3) is 0 Å². The molecule has 0 aliphatic heterocycles. The van der Waals surface area contributed by atoms with Crippen molar-refractivity contribution < 1.29 is 23.8 Å². The van der Waals surface area contributed by atoms with Crippen LogP contribution in [-0.2, 0) is 4.79 Å². The summed E-state index contributed by atoms with van der Waals surface area (Å²) in [6.45, 7) is -0.317. The zero-order valence-corrected chi connectivity index (χ0v) is 17.7. The second-order valence-corrected chi connectivity index (χ2v) is 6.75. The Balaban J connectivity index is 1.67. The Bertz CT molecular complexity index is 1070. The molecule has 0 radical (unpaired) electrons. The monoisotopic (exact) mass is 440 g/mol. The van der Waals surface area contributed by atoms with Crippen LogP contribution in [0.1, 0.15) is 10.4 Å². The molecule has 0 fully saturated rings. The fourth-order valence-electron chi connectivity index (χ4n) is 2.79.